The summed E-state index contributed by atoms with van der Waals surface area (Å²) < 4.78 is 5.30. The topological polar surface area (TPSA) is 47.3 Å². The van der Waals surface area contributed by atoms with E-state index in [1.165, 1.54) is 32.1 Å². The fraction of sp³-hybridized carbons (Fsp3) is 0.562. The summed E-state index contributed by atoms with van der Waals surface area (Å²) in [7, 11) is 1.67. The van der Waals surface area contributed by atoms with Crippen molar-refractivity contribution in [3.05, 3.63) is 23.8 Å². The Bertz CT molecular complexity index is 476. The number of benzene rings is 1. The second kappa shape index (κ2) is 6.93. The first-order chi connectivity index (χ1) is 9.63. The third-order valence-corrected chi connectivity index (χ3v) is 4.43. The third-order valence-electron chi connectivity index (χ3n) is 4.21. The van der Waals surface area contributed by atoms with Crippen molar-refractivity contribution in [3.63, 3.8) is 0 Å². The van der Waals surface area contributed by atoms with Crippen LogP contribution in [0, 0.1) is 5.92 Å². The van der Waals surface area contributed by atoms with Crippen molar-refractivity contribution in [2.75, 3.05) is 12.4 Å². The largest absolute Gasteiger partial charge is 0.497 e. The molecule has 0 radical (unpaired) electrons. The summed E-state index contributed by atoms with van der Waals surface area (Å²) in [4.78, 5) is 0.429. The van der Waals surface area contributed by atoms with Gasteiger partial charge in [0.05, 0.1) is 7.11 Å². The van der Waals surface area contributed by atoms with Crippen LogP contribution in [-0.2, 0) is 0 Å². The van der Waals surface area contributed by atoms with Gasteiger partial charge in [-0.1, -0.05) is 38.4 Å². The van der Waals surface area contributed by atoms with Gasteiger partial charge in [0.2, 0.25) is 0 Å². The second-order valence-corrected chi connectivity index (χ2v) is 6.00. The molecule has 0 aromatic heterocycles. The third kappa shape index (κ3) is 3.63. The van der Waals surface area contributed by atoms with Crippen molar-refractivity contribution in [2.45, 2.75) is 45.1 Å². The van der Waals surface area contributed by atoms with E-state index in [2.05, 4.69) is 12.2 Å². The van der Waals surface area contributed by atoms with E-state index in [9.17, 15) is 0 Å². The minimum Gasteiger partial charge on any atom is -0.497 e. The molecule has 2 atom stereocenters. The van der Waals surface area contributed by atoms with Crippen LogP contribution in [0.5, 0.6) is 5.75 Å². The summed E-state index contributed by atoms with van der Waals surface area (Å²) in [5, 5.41) is 3.62. The predicted octanol–water partition coefficient (Wildman–Crippen LogP) is 3.71. The fourth-order valence-corrected chi connectivity index (χ4v) is 3.18. The molecule has 1 fully saturated rings. The van der Waals surface area contributed by atoms with Crippen LogP contribution in [0.2, 0.25) is 0 Å². The van der Waals surface area contributed by atoms with Crippen LogP contribution in [0.15, 0.2) is 18.2 Å². The smallest absolute Gasteiger partial charge is 0.120 e. The maximum Gasteiger partial charge on any atom is 0.120 e. The SMILES string of the molecule is CCC1CCCC(Nc2cc(OC)ccc2C(N)=S)C1. The number of methoxy groups -OCH3 is 1. The molecule has 20 heavy (non-hydrogen) atoms. The normalized spacial score (nSPS) is 22.3. The lowest BCUT2D eigenvalue weighted by atomic mass is 9.84. The standard InChI is InChI=1S/C16H24N2OS/c1-3-11-5-4-6-12(9-11)18-15-10-13(19-2)7-8-14(15)16(17)20/h7-8,10-12,18H,3-6,9H2,1-2H3,(H2,17,20). The van der Waals surface area contributed by atoms with Gasteiger partial charge >= 0.3 is 0 Å². The van der Waals surface area contributed by atoms with Gasteiger partial charge in [0.25, 0.3) is 0 Å². The average Bonchev–Trinajstić information content (AvgIpc) is 2.47. The fourth-order valence-electron chi connectivity index (χ4n) is 3.00. The Labute approximate surface area is 126 Å². The van der Waals surface area contributed by atoms with Crippen molar-refractivity contribution in [1.82, 2.24) is 0 Å². The molecule has 3 nitrogen and oxygen atoms in total. The minimum atomic E-state index is 0.429. The highest BCUT2D eigenvalue weighted by molar-refractivity contribution is 7.80. The van der Waals surface area contributed by atoms with Gasteiger partial charge in [0, 0.05) is 23.4 Å². The molecule has 0 heterocycles. The van der Waals surface area contributed by atoms with Crippen molar-refractivity contribution >= 4 is 22.9 Å². The summed E-state index contributed by atoms with van der Waals surface area (Å²) in [5.41, 5.74) is 7.72. The summed E-state index contributed by atoms with van der Waals surface area (Å²) in [5.74, 6) is 1.66. The minimum absolute atomic E-state index is 0.429. The first kappa shape index (κ1) is 15.1. The Morgan fingerprint density at radius 2 is 2.25 bits per heavy atom. The van der Waals surface area contributed by atoms with Crippen LogP contribution in [-0.4, -0.2) is 18.1 Å². The lowest BCUT2D eigenvalue weighted by Crippen LogP contribution is -2.28. The van der Waals surface area contributed by atoms with Crippen LogP contribution in [0.3, 0.4) is 0 Å². The zero-order valence-corrected chi connectivity index (χ0v) is 13.1. The zero-order chi connectivity index (χ0) is 14.5. The average molecular weight is 292 g/mol. The molecule has 3 N–H and O–H groups in total. The number of anilines is 1. The van der Waals surface area contributed by atoms with Crippen molar-refractivity contribution in [3.8, 4) is 5.75 Å². The van der Waals surface area contributed by atoms with Crippen LogP contribution < -0.4 is 15.8 Å². The highest BCUT2D eigenvalue weighted by Crippen LogP contribution is 2.30. The van der Waals surface area contributed by atoms with E-state index in [-0.39, 0.29) is 0 Å². The lowest BCUT2D eigenvalue weighted by molar-refractivity contribution is 0.327. The molecule has 2 unspecified atom stereocenters. The molecule has 110 valence electrons. The number of rotatable bonds is 5. The number of hydrogen-bond acceptors (Lipinski definition) is 3. The van der Waals surface area contributed by atoms with Gasteiger partial charge in [-0.25, -0.2) is 0 Å². The molecule has 0 bridgehead atoms. The van der Waals surface area contributed by atoms with E-state index in [1.807, 2.05) is 18.2 Å². The van der Waals surface area contributed by atoms with Crippen LogP contribution in [0.25, 0.3) is 0 Å². The van der Waals surface area contributed by atoms with Crippen molar-refractivity contribution in [1.29, 1.82) is 0 Å². The summed E-state index contributed by atoms with van der Waals surface area (Å²) >= 11 is 5.14. The van der Waals surface area contributed by atoms with Crippen LogP contribution in [0.4, 0.5) is 5.69 Å². The molecule has 4 heteroatoms. The second-order valence-electron chi connectivity index (χ2n) is 5.56. The maximum atomic E-state index is 5.82. The monoisotopic (exact) mass is 292 g/mol. The van der Waals surface area contributed by atoms with Crippen molar-refractivity contribution in [2.24, 2.45) is 11.7 Å². The Balaban J connectivity index is 2.16. The number of hydrogen-bond donors (Lipinski definition) is 2. The summed E-state index contributed by atoms with van der Waals surface area (Å²) in [6, 6.07) is 6.33. The lowest BCUT2D eigenvalue weighted by Gasteiger charge is -2.30. The van der Waals surface area contributed by atoms with Gasteiger partial charge < -0.3 is 15.8 Å². The summed E-state index contributed by atoms with van der Waals surface area (Å²) in [6.45, 7) is 2.28. The van der Waals surface area contributed by atoms with Gasteiger partial charge in [0.1, 0.15) is 10.7 Å². The Morgan fingerprint density at radius 3 is 2.90 bits per heavy atom. The van der Waals surface area contributed by atoms with E-state index in [0.717, 1.165) is 22.9 Å². The molecule has 0 amide bonds. The molecular formula is C16H24N2OS. The highest BCUT2D eigenvalue weighted by Gasteiger charge is 2.21. The number of thiocarbonyl (C=S) groups is 1. The molecule has 1 saturated carbocycles. The van der Waals surface area contributed by atoms with E-state index < -0.39 is 0 Å². The number of ether oxygens (including phenoxy) is 1. The highest BCUT2D eigenvalue weighted by atomic mass is 32.1. The number of nitrogens with two attached hydrogens (primary N) is 1. The Hall–Kier alpha value is -1.29. The molecular weight excluding hydrogens is 268 g/mol. The first-order valence-corrected chi connectivity index (χ1v) is 7.79. The molecule has 2 rings (SSSR count). The molecule has 1 aromatic rings. The van der Waals surface area contributed by atoms with Gasteiger partial charge in [-0.05, 0) is 30.9 Å². The molecule has 1 aromatic carbocycles. The zero-order valence-electron chi connectivity index (χ0n) is 12.3. The molecule has 0 aliphatic heterocycles. The molecule has 0 spiro atoms. The van der Waals surface area contributed by atoms with Gasteiger partial charge in [0.15, 0.2) is 0 Å². The molecule has 0 saturated heterocycles. The summed E-state index contributed by atoms with van der Waals surface area (Å²) in [6.07, 6.45) is 6.35. The van der Waals surface area contributed by atoms with E-state index >= 15 is 0 Å². The van der Waals surface area contributed by atoms with E-state index in [1.54, 1.807) is 7.11 Å². The first-order valence-electron chi connectivity index (χ1n) is 7.38. The van der Waals surface area contributed by atoms with Gasteiger partial charge in [-0.15, -0.1) is 0 Å². The number of nitrogens with one attached hydrogen (secondary N) is 1. The Morgan fingerprint density at radius 1 is 1.45 bits per heavy atom. The van der Waals surface area contributed by atoms with Crippen molar-refractivity contribution < 1.29 is 4.74 Å². The molecule has 1 aliphatic rings. The van der Waals surface area contributed by atoms with E-state index in [4.69, 9.17) is 22.7 Å². The van der Waals surface area contributed by atoms with Crippen LogP contribution in [0.1, 0.15) is 44.6 Å². The quantitative estimate of drug-likeness (QED) is 0.812. The Kier molecular flexibility index (Phi) is 5.24. The van der Waals surface area contributed by atoms with E-state index in [0.29, 0.717) is 11.0 Å². The predicted molar refractivity (Wildman–Crippen MR) is 88.5 cm³/mol. The molecule has 1 aliphatic carbocycles. The van der Waals surface area contributed by atoms with Gasteiger partial charge in [-0.3, -0.25) is 0 Å². The van der Waals surface area contributed by atoms with Gasteiger partial charge in [-0.2, -0.15) is 0 Å². The van der Waals surface area contributed by atoms with Crippen LogP contribution >= 0.6 is 12.2 Å². The maximum absolute atomic E-state index is 5.82.